The van der Waals surface area contributed by atoms with Crippen molar-refractivity contribution in [3.05, 3.63) is 145 Å². The van der Waals surface area contributed by atoms with Crippen LogP contribution in [0, 0.1) is 0 Å². The summed E-state index contributed by atoms with van der Waals surface area (Å²) in [6, 6.07) is 49.8. The van der Waals surface area contributed by atoms with Crippen LogP contribution in [0.1, 0.15) is 11.6 Å². The van der Waals surface area contributed by atoms with Gasteiger partial charge in [0.05, 0.1) is 0 Å². The standard InChI is InChI=1S/C33H27N2/c1-4-14-26(15-5-1)29-20-10-12-22-31(29)34-24-33(28-18-8-3-9-19-28)35(25-34)32-23-13-11-21-30(32)27-16-6-2-7-17-27/h1-23,25,33H,24H2/q+1. The molecule has 35 heavy (non-hydrogen) atoms. The van der Waals surface area contributed by atoms with Crippen LogP contribution in [0.25, 0.3) is 22.3 Å². The molecule has 0 aliphatic carbocycles. The van der Waals surface area contributed by atoms with Crippen LogP contribution in [0.2, 0.25) is 0 Å². The zero-order valence-electron chi connectivity index (χ0n) is 19.5. The number of anilines is 1. The molecular weight excluding hydrogens is 424 g/mol. The molecule has 0 amide bonds. The molecule has 2 heteroatoms. The van der Waals surface area contributed by atoms with Gasteiger partial charge in [-0.25, -0.2) is 9.48 Å². The molecule has 0 fully saturated rings. The number of rotatable bonds is 5. The Morgan fingerprint density at radius 2 is 1.03 bits per heavy atom. The van der Waals surface area contributed by atoms with Crippen molar-refractivity contribution in [1.29, 1.82) is 0 Å². The summed E-state index contributed by atoms with van der Waals surface area (Å²) in [5.74, 6) is 0. The van der Waals surface area contributed by atoms with Gasteiger partial charge in [0, 0.05) is 16.7 Å². The summed E-state index contributed by atoms with van der Waals surface area (Å²) < 4.78 is 2.40. The number of benzene rings is 5. The molecule has 0 spiro atoms. The normalized spacial score (nSPS) is 15.1. The fraction of sp³-hybridized carbons (Fsp3) is 0.0606. The minimum Gasteiger partial charge on any atom is -0.228 e. The highest BCUT2D eigenvalue weighted by Crippen LogP contribution is 2.39. The molecule has 0 aromatic heterocycles. The van der Waals surface area contributed by atoms with E-state index in [0.29, 0.717) is 0 Å². The molecule has 6 rings (SSSR count). The number of nitrogens with zero attached hydrogens (tertiary/aromatic N) is 2. The molecule has 0 bridgehead atoms. The average molecular weight is 452 g/mol. The van der Waals surface area contributed by atoms with E-state index in [1.807, 2.05) is 0 Å². The Balaban J connectivity index is 1.50. The SMILES string of the molecule is C1=[N+](c2ccccc2-c2ccccc2)CC(c2ccccc2)N1c1ccccc1-c1ccccc1. The topological polar surface area (TPSA) is 6.25 Å². The smallest absolute Gasteiger partial charge is 0.228 e. The summed E-state index contributed by atoms with van der Waals surface area (Å²) in [6.45, 7) is 0.872. The van der Waals surface area contributed by atoms with Gasteiger partial charge in [0.1, 0.15) is 17.9 Å². The zero-order chi connectivity index (χ0) is 23.5. The van der Waals surface area contributed by atoms with Crippen molar-refractivity contribution in [2.45, 2.75) is 6.04 Å². The second-order valence-electron chi connectivity index (χ2n) is 8.87. The van der Waals surface area contributed by atoms with Gasteiger partial charge in [-0.1, -0.05) is 127 Å². The highest BCUT2D eigenvalue weighted by Gasteiger charge is 2.37. The highest BCUT2D eigenvalue weighted by atomic mass is 15.3. The van der Waals surface area contributed by atoms with Crippen LogP contribution in [0.3, 0.4) is 0 Å². The quantitative estimate of drug-likeness (QED) is 0.246. The first kappa shape index (κ1) is 21.1. The third kappa shape index (κ3) is 4.15. The fourth-order valence-electron chi connectivity index (χ4n) is 5.03. The number of hydrogen-bond acceptors (Lipinski definition) is 1. The van der Waals surface area contributed by atoms with E-state index in [1.165, 1.54) is 39.2 Å². The van der Waals surface area contributed by atoms with Gasteiger partial charge in [-0.2, -0.15) is 0 Å². The van der Waals surface area contributed by atoms with Crippen molar-refractivity contribution in [1.82, 2.24) is 0 Å². The van der Waals surface area contributed by atoms with E-state index in [1.54, 1.807) is 0 Å². The van der Waals surface area contributed by atoms with E-state index in [4.69, 9.17) is 0 Å². The number of para-hydroxylation sites is 2. The summed E-state index contributed by atoms with van der Waals surface area (Å²) in [6.07, 6.45) is 2.29. The predicted octanol–water partition coefficient (Wildman–Crippen LogP) is 7.95. The highest BCUT2D eigenvalue weighted by molar-refractivity contribution is 5.90. The summed E-state index contributed by atoms with van der Waals surface area (Å²) in [5.41, 5.74) is 8.69. The van der Waals surface area contributed by atoms with Gasteiger partial charge in [0.25, 0.3) is 0 Å². The maximum atomic E-state index is 2.44. The zero-order valence-corrected chi connectivity index (χ0v) is 19.5. The first-order valence-corrected chi connectivity index (χ1v) is 12.1. The van der Waals surface area contributed by atoms with Gasteiger partial charge in [-0.05, 0) is 23.3 Å². The third-order valence-electron chi connectivity index (χ3n) is 6.72. The first-order chi connectivity index (χ1) is 17.4. The average Bonchev–Trinajstić information content (AvgIpc) is 3.40. The van der Waals surface area contributed by atoms with Gasteiger partial charge in [0.2, 0.25) is 6.34 Å². The Morgan fingerprint density at radius 1 is 0.514 bits per heavy atom. The van der Waals surface area contributed by atoms with E-state index in [9.17, 15) is 0 Å². The van der Waals surface area contributed by atoms with Crippen LogP contribution in [-0.4, -0.2) is 17.5 Å². The van der Waals surface area contributed by atoms with Crippen LogP contribution >= 0.6 is 0 Å². The number of hydrogen-bond donors (Lipinski definition) is 0. The second-order valence-corrected chi connectivity index (χ2v) is 8.87. The molecule has 0 radical (unpaired) electrons. The minimum atomic E-state index is 0.199. The van der Waals surface area contributed by atoms with Gasteiger partial charge in [0.15, 0.2) is 6.04 Å². The summed E-state index contributed by atoms with van der Waals surface area (Å²) >= 11 is 0. The fourth-order valence-corrected chi connectivity index (χ4v) is 5.03. The Hall–Kier alpha value is -4.43. The molecule has 5 aromatic carbocycles. The molecular formula is C33H27N2+. The minimum absolute atomic E-state index is 0.199. The Bertz CT molecular complexity index is 1460. The largest absolute Gasteiger partial charge is 0.245 e. The van der Waals surface area contributed by atoms with Crippen LogP contribution in [0.4, 0.5) is 11.4 Å². The predicted molar refractivity (Wildman–Crippen MR) is 146 cm³/mol. The van der Waals surface area contributed by atoms with E-state index in [2.05, 4.69) is 155 Å². The maximum Gasteiger partial charge on any atom is 0.245 e. The molecule has 1 aliphatic rings. The monoisotopic (exact) mass is 451 g/mol. The summed E-state index contributed by atoms with van der Waals surface area (Å²) in [5, 5.41) is 0. The van der Waals surface area contributed by atoms with Gasteiger partial charge < -0.3 is 0 Å². The van der Waals surface area contributed by atoms with Crippen LogP contribution in [0.15, 0.2) is 140 Å². The lowest BCUT2D eigenvalue weighted by atomic mass is 10.00. The van der Waals surface area contributed by atoms with E-state index in [-0.39, 0.29) is 6.04 Å². The van der Waals surface area contributed by atoms with Gasteiger partial charge >= 0.3 is 0 Å². The molecule has 1 heterocycles. The lowest BCUT2D eigenvalue weighted by Crippen LogP contribution is -2.24. The summed E-state index contributed by atoms with van der Waals surface area (Å²) in [7, 11) is 0. The first-order valence-electron chi connectivity index (χ1n) is 12.1. The molecule has 1 unspecified atom stereocenters. The molecule has 1 aliphatic heterocycles. The van der Waals surface area contributed by atoms with Crippen LogP contribution in [0.5, 0.6) is 0 Å². The molecule has 2 nitrogen and oxygen atoms in total. The van der Waals surface area contributed by atoms with E-state index in [0.717, 1.165) is 6.54 Å². The molecule has 168 valence electrons. The Kier molecular flexibility index (Phi) is 5.70. The van der Waals surface area contributed by atoms with E-state index >= 15 is 0 Å². The lowest BCUT2D eigenvalue weighted by Gasteiger charge is -2.20. The third-order valence-corrected chi connectivity index (χ3v) is 6.72. The van der Waals surface area contributed by atoms with Crippen molar-refractivity contribution in [3.8, 4) is 22.3 Å². The van der Waals surface area contributed by atoms with Crippen LogP contribution in [-0.2, 0) is 0 Å². The van der Waals surface area contributed by atoms with Crippen molar-refractivity contribution in [2.75, 3.05) is 11.4 Å². The summed E-state index contributed by atoms with van der Waals surface area (Å²) in [4.78, 5) is 2.44. The molecule has 0 N–H and O–H groups in total. The molecule has 5 aromatic rings. The lowest BCUT2D eigenvalue weighted by molar-refractivity contribution is -0.428. The van der Waals surface area contributed by atoms with Gasteiger partial charge in [-0.15, -0.1) is 0 Å². The van der Waals surface area contributed by atoms with E-state index < -0.39 is 0 Å². The molecule has 1 atom stereocenters. The second kappa shape index (κ2) is 9.44. The molecule has 0 saturated heterocycles. The van der Waals surface area contributed by atoms with Gasteiger partial charge in [-0.3, -0.25) is 0 Å². The van der Waals surface area contributed by atoms with Crippen molar-refractivity contribution >= 4 is 17.7 Å². The Morgan fingerprint density at radius 3 is 1.71 bits per heavy atom. The van der Waals surface area contributed by atoms with Crippen LogP contribution < -0.4 is 4.90 Å². The molecule has 0 saturated carbocycles. The van der Waals surface area contributed by atoms with Crippen molar-refractivity contribution in [2.24, 2.45) is 0 Å². The van der Waals surface area contributed by atoms with Crippen molar-refractivity contribution < 1.29 is 4.58 Å². The Labute approximate surface area is 207 Å². The maximum absolute atomic E-state index is 2.44. The van der Waals surface area contributed by atoms with Crippen molar-refractivity contribution in [3.63, 3.8) is 0 Å².